The number of rotatable bonds is 3. The Kier molecular flexibility index (Phi) is 3.33. The molecule has 1 amide bonds. The van der Waals surface area contributed by atoms with Gasteiger partial charge in [0.25, 0.3) is 5.91 Å². The molecule has 3 aromatic heterocycles. The molecule has 26 heavy (non-hydrogen) atoms. The fraction of sp³-hybridized carbons (Fsp3) is 0.263. The van der Waals surface area contributed by atoms with E-state index in [0.29, 0.717) is 16.6 Å². The number of hydrogen-bond donors (Lipinski definition) is 1. The second-order valence-electron chi connectivity index (χ2n) is 6.72. The molecule has 4 aromatic rings. The van der Waals surface area contributed by atoms with Crippen LogP contribution in [0.25, 0.3) is 21.3 Å². The van der Waals surface area contributed by atoms with Crippen molar-refractivity contribution in [1.82, 2.24) is 19.7 Å². The highest BCUT2D eigenvalue weighted by molar-refractivity contribution is 7.22. The van der Waals surface area contributed by atoms with Gasteiger partial charge in [-0.05, 0) is 38.0 Å². The Bertz CT molecular complexity index is 1140. The van der Waals surface area contributed by atoms with Crippen LogP contribution in [0.1, 0.15) is 40.5 Å². The second-order valence-corrected chi connectivity index (χ2v) is 7.75. The molecule has 3 heterocycles. The second kappa shape index (κ2) is 5.60. The number of fused-ring (bicyclic) bond motifs is 2. The molecule has 0 radical (unpaired) electrons. The summed E-state index contributed by atoms with van der Waals surface area (Å²) in [5.74, 6) is 0.304. The van der Waals surface area contributed by atoms with Crippen molar-refractivity contribution in [3.8, 4) is 0 Å². The Balaban J connectivity index is 1.59. The molecule has 0 bridgehead atoms. The van der Waals surface area contributed by atoms with Crippen LogP contribution in [0.3, 0.4) is 0 Å². The average Bonchev–Trinajstić information content (AvgIpc) is 3.34. The molecule has 0 unspecified atom stereocenters. The Hall–Kier alpha value is -2.80. The van der Waals surface area contributed by atoms with Gasteiger partial charge in [-0.25, -0.2) is 9.97 Å². The zero-order valence-corrected chi connectivity index (χ0v) is 15.3. The molecule has 130 valence electrons. The number of nitrogens with one attached hydrogen (secondary N) is 1. The van der Waals surface area contributed by atoms with Crippen LogP contribution >= 0.6 is 11.3 Å². The Morgan fingerprint density at radius 2 is 2.08 bits per heavy atom. The zero-order valence-electron chi connectivity index (χ0n) is 14.5. The van der Waals surface area contributed by atoms with Crippen molar-refractivity contribution < 1.29 is 4.79 Å². The van der Waals surface area contributed by atoms with E-state index < -0.39 is 0 Å². The van der Waals surface area contributed by atoms with Gasteiger partial charge in [0.05, 0.1) is 26.9 Å². The van der Waals surface area contributed by atoms with E-state index in [0.717, 1.165) is 45.5 Å². The number of nitrogens with zero attached hydrogens (tertiary/aromatic N) is 4. The number of benzene rings is 1. The maximum absolute atomic E-state index is 13.1. The van der Waals surface area contributed by atoms with Crippen molar-refractivity contribution >= 4 is 43.6 Å². The monoisotopic (exact) mass is 363 g/mol. The number of para-hydroxylation sites is 1. The van der Waals surface area contributed by atoms with Gasteiger partial charge in [-0.2, -0.15) is 5.10 Å². The first kappa shape index (κ1) is 15.5. The van der Waals surface area contributed by atoms with Crippen molar-refractivity contribution in [1.29, 1.82) is 0 Å². The number of carbonyl (C=O) groups excluding carboxylic acids is 1. The molecule has 0 aliphatic heterocycles. The van der Waals surface area contributed by atoms with Crippen LogP contribution in [0.5, 0.6) is 0 Å². The van der Waals surface area contributed by atoms with Crippen LogP contribution in [-0.4, -0.2) is 25.7 Å². The van der Waals surface area contributed by atoms with E-state index in [1.54, 1.807) is 4.68 Å². The maximum Gasteiger partial charge on any atom is 0.258 e. The summed E-state index contributed by atoms with van der Waals surface area (Å²) in [4.78, 5) is 22.3. The molecule has 6 nitrogen and oxygen atoms in total. The lowest BCUT2D eigenvalue weighted by molar-refractivity contribution is 0.102. The highest BCUT2D eigenvalue weighted by atomic mass is 32.1. The van der Waals surface area contributed by atoms with Gasteiger partial charge >= 0.3 is 0 Å². The highest BCUT2D eigenvalue weighted by Crippen LogP contribution is 2.40. The van der Waals surface area contributed by atoms with Crippen molar-refractivity contribution in [3.63, 3.8) is 0 Å². The van der Waals surface area contributed by atoms with E-state index in [4.69, 9.17) is 4.98 Å². The summed E-state index contributed by atoms with van der Waals surface area (Å²) < 4.78 is 2.81. The molecule has 1 N–H and O–H groups in total. The molecule has 1 saturated carbocycles. The third kappa shape index (κ3) is 2.47. The van der Waals surface area contributed by atoms with Crippen molar-refractivity contribution in [2.24, 2.45) is 7.05 Å². The lowest BCUT2D eigenvalue weighted by Crippen LogP contribution is -2.13. The lowest BCUT2D eigenvalue weighted by atomic mass is 10.1. The van der Waals surface area contributed by atoms with Crippen molar-refractivity contribution in [3.05, 3.63) is 47.3 Å². The molecule has 5 rings (SSSR count). The van der Waals surface area contributed by atoms with Gasteiger partial charge in [0.1, 0.15) is 0 Å². The van der Waals surface area contributed by atoms with Gasteiger partial charge < -0.3 is 0 Å². The third-order valence-electron chi connectivity index (χ3n) is 4.74. The van der Waals surface area contributed by atoms with Gasteiger partial charge in [0, 0.05) is 18.7 Å². The van der Waals surface area contributed by atoms with Crippen molar-refractivity contribution in [2.45, 2.75) is 25.7 Å². The Morgan fingerprint density at radius 3 is 2.85 bits per heavy atom. The summed E-state index contributed by atoms with van der Waals surface area (Å²) in [5.41, 5.74) is 4.08. The predicted molar refractivity (Wildman–Crippen MR) is 103 cm³/mol. The molecule has 7 heteroatoms. The molecule has 0 spiro atoms. The first-order valence-electron chi connectivity index (χ1n) is 8.61. The fourth-order valence-corrected chi connectivity index (χ4v) is 4.18. The van der Waals surface area contributed by atoms with E-state index in [-0.39, 0.29) is 5.91 Å². The number of anilines is 1. The first-order valence-corrected chi connectivity index (χ1v) is 9.43. The molecule has 0 saturated heterocycles. The lowest BCUT2D eigenvalue weighted by Gasteiger charge is -2.07. The van der Waals surface area contributed by atoms with E-state index >= 15 is 0 Å². The number of hydrogen-bond acceptors (Lipinski definition) is 5. The molecular weight excluding hydrogens is 346 g/mol. The zero-order chi connectivity index (χ0) is 17.8. The number of thiazole rings is 1. The van der Waals surface area contributed by atoms with Crippen molar-refractivity contribution in [2.75, 3.05) is 5.32 Å². The normalized spacial score (nSPS) is 14.2. The summed E-state index contributed by atoms with van der Waals surface area (Å²) in [7, 11) is 1.87. The van der Waals surface area contributed by atoms with Gasteiger partial charge in [-0.1, -0.05) is 23.5 Å². The molecule has 1 aliphatic rings. The topological polar surface area (TPSA) is 72.7 Å². The van der Waals surface area contributed by atoms with Crippen LogP contribution in [0, 0.1) is 6.92 Å². The molecule has 1 fully saturated rings. The fourth-order valence-electron chi connectivity index (χ4n) is 3.32. The van der Waals surface area contributed by atoms with E-state index in [1.807, 2.05) is 44.3 Å². The summed E-state index contributed by atoms with van der Waals surface area (Å²) in [6, 6.07) is 9.80. The number of aromatic nitrogens is 4. The smallest absolute Gasteiger partial charge is 0.258 e. The number of carbonyl (C=O) groups is 1. The van der Waals surface area contributed by atoms with Gasteiger partial charge in [0.2, 0.25) is 0 Å². The SMILES string of the molecule is Cc1nn(C)c2nc(C3CC3)cc(C(=O)Nc3nc4ccccc4s3)c12. The molecule has 1 aromatic carbocycles. The molecule has 1 aliphatic carbocycles. The molecular formula is C19H17N5OS. The quantitative estimate of drug-likeness (QED) is 0.597. The first-order chi connectivity index (χ1) is 12.6. The van der Waals surface area contributed by atoms with Gasteiger partial charge in [-0.3, -0.25) is 14.8 Å². The number of pyridine rings is 1. The van der Waals surface area contributed by atoms with Gasteiger partial charge in [0.15, 0.2) is 10.8 Å². The minimum atomic E-state index is -0.158. The Morgan fingerprint density at radius 1 is 1.27 bits per heavy atom. The maximum atomic E-state index is 13.1. The van der Waals surface area contributed by atoms with E-state index in [1.165, 1.54) is 11.3 Å². The van der Waals surface area contributed by atoms with E-state index in [9.17, 15) is 4.79 Å². The van der Waals surface area contributed by atoms with Crippen LogP contribution in [0.15, 0.2) is 30.3 Å². The third-order valence-corrected chi connectivity index (χ3v) is 5.69. The van der Waals surface area contributed by atoms with Gasteiger partial charge in [-0.15, -0.1) is 0 Å². The van der Waals surface area contributed by atoms with Crippen LogP contribution in [0.4, 0.5) is 5.13 Å². The van der Waals surface area contributed by atoms with Crippen LogP contribution in [0.2, 0.25) is 0 Å². The Labute approximate surface area is 153 Å². The summed E-state index contributed by atoms with van der Waals surface area (Å²) in [5, 5.41) is 8.85. The summed E-state index contributed by atoms with van der Waals surface area (Å²) >= 11 is 1.48. The average molecular weight is 363 g/mol. The highest BCUT2D eigenvalue weighted by Gasteiger charge is 2.28. The minimum absolute atomic E-state index is 0.158. The number of amides is 1. The molecule has 0 atom stereocenters. The predicted octanol–water partition coefficient (Wildman–Crippen LogP) is 4.02. The number of aryl methyl sites for hydroxylation is 2. The van der Waals surface area contributed by atoms with E-state index in [2.05, 4.69) is 15.4 Å². The van der Waals surface area contributed by atoms with Crippen LogP contribution < -0.4 is 5.32 Å². The summed E-state index contributed by atoms with van der Waals surface area (Å²) in [6.07, 6.45) is 2.27. The van der Waals surface area contributed by atoms with Crippen LogP contribution in [-0.2, 0) is 7.05 Å². The summed E-state index contributed by atoms with van der Waals surface area (Å²) in [6.45, 7) is 1.91. The largest absolute Gasteiger partial charge is 0.298 e. The standard InChI is InChI=1S/C19H17N5OS/c1-10-16-12(9-14(11-7-8-11)20-17(16)24(2)23-10)18(25)22-19-21-13-5-3-4-6-15(13)26-19/h3-6,9,11H,7-8H2,1-2H3,(H,21,22,25). The minimum Gasteiger partial charge on any atom is -0.298 e.